The van der Waals surface area contributed by atoms with Gasteiger partial charge in [0, 0.05) is 18.2 Å². The second kappa shape index (κ2) is 6.20. The fourth-order valence-corrected chi connectivity index (χ4v) is 4.00. The Kier molecular flexibility index (Phi) is 4.26. The summed E-state index contributed by atoms with van der Waals surface area (Å²) < 4.78 is 33.6. The van der Waals surface area contributed by atoms with E-state index in [0.717, 1.165) is 11.1 Å². The summed E-state index contributed by atoms with van der Waals surface area (Å²) in [6.45, 7) is 0. The minimum Gasteiger partial charge on any atom is -0.472 e. The summed E-state index contributed by atoms with van der Waals surface area (Å²) in [5.41, 5.74) is 2.21. The number of sulfone groups is 1. The maximum atomic E-state index is 12.3. The average Bonchev–Trinajstić information content (AvgIpc) is 3.18. The standard InChI is InChI=1S/C17H18O5S/c1-23(19,20)16-6-5-15(10-16)22-17(18)13-4-2-3-12(9-13)14-7-8-21-11-14/h2-4,7-9,11,15-16H,5-6,10H2,1H3/t15-,16-/m0/s1. The Hall–Kier alpha value is -2.08. The zero-order chi connectivity index (χ0) is 16.4. The van der Waals surface area contributed by atoms with Crippen LogP contribution in [0.1, 0.15) is 29.6 Å². The number of rotatable bonds is 4. The van der Waals surface area contributed by atoms with Gasteiger partial charge in [-0.1, -0.05) is 12.1 Å². The SMILES string of the molecule is CS(=O)(=O)[C@H]1CC[C@H](OC(=O)c2cccc(-c3ccoc3)c2)C1. The zero-order valence-electron chi connectivity index (χ0n) is 12.8. The van der Waals surface area contributed by atoms with Crippen molar-refractivity contribution in [1.29, 1.82) is 0 Å². The highest BCUT2D eigenvalue weighted by molar-refractivity contribution is 7.91. The Morgan fingerprint density at radius 1 is 1.22 bits per heavy atom. The number of esters is 1. The van der Waals surface area contributed by atoms with Gasteiger partial charge >= 0.3 is 5.97 Å². The zero-order valence-corrected chi connectivity index (χ0v) is 13.6. The van der Waals surface area contributed by atoms with Gasteiger partial charge in [-0.2, -0.15) is 0 Å². The van der Waals surface area contributed by atoms with Gasteiger partial charge in [0.15, 0.2) is 0 Å². The first-order valence-corrected chi connectivity index (χ1v) is 9.41. The molecule has 0 unspecified atom stereocenters. The molecule has 5 nitrogen and oxygen atoms in total. The summed E-state index contributed by atoms with van der Waals surface area (Å²) in [5.74, 6) is -0.422. The van der Waals surface area contributed by atoms with Crippen molar-refractivity contribution in [1.82, 2.24) is 0 Å². The van der Waals surface area contributed by atoms with Gasteiger partial charge < -0.3 is 9.15 Å². The van der Waals surface area contributed by atoms with E-state index in [2.05, 4.69) is 0 Å². The molecule has 2 aromatic rings. The lowest BCUT2D eigenvalue weighted by Crippen LogP contribution is -2.20. The smallest absolute Gasteiger partial charge is 0.338 e. The van der Waals surface area contributed by atoms with Crippen LogP contribution in [0.15, 0.2) is 47.3 Å². The molecule has 1 saturated carbocycles. The topological polar surface area (TPSA) is 73.6 Å². The molecule has 0 bridgehead atoms. The summed E-state index contributed by atoms with van der Waals surface area (Å²) >= 11 is 0. The average molecular weight is 334 g/mol. The van der Waals surface area contributed by atoms with Crippen molar-refractivity contribution < 1.29 is 22.4 Å². The Balaban J connectivity index is 1.69. The molecule has 23 heavy (non-hydrogen) atoms. The van der Waals surface area contributed by atoms with Crippen LogP contribution in [0, 0.1) is 0 Å². The highest BCUT2D eigenvalue weighted by Crippen LogP contribution is 2.28. The first kappa shape index (κ1) is 15.8. The van der Waals surface area contributed by atoms with Gasteiger partial charge in [0.2, 0.25) is 0 Å². The van der Waals surface area contributed by atoms with Crippen molar-refractivity contribution in [2.24, 2.45) is 0 Å². The molecular formula is C17H18O5S. The lowest BCUT2D eigenvalue weighted by molar-refractivity contribution is 0.0318. The molecule has 1 aliphatic carbocycles. The van der Waals surface area contributed by atoms with Crippen LogP contribution in [-0.4, -0.2) is 32.0 Å². The fourth-order valence-electron chi connectivity index (χ4n) is 2.87. The number of hydrogen-bond acceptors (Lipinski definition) is 5. The van der Waals surface area contributed by atoms with E-state index in [1.807, 2.05) is 12.1 Å². The fraction of sp³-hybridized carbons (Fsp3) is 0.353. The summed E-state index contributed by atoms with van der Waals surface area (Å²) in [5, 5.41) is -0.405. The number of hydrogen-bond donors (Lipinski definition) is 0. The van der Waals surface area contributed by atoms with Crippen LogP contribution in [0.2, 0.25) is 0 Å². The van der Waals surface area contributed by atoms with Gasteiger partial charge in [-0.05, 0) is 36.6 Å². The molecule has 0 radical (unpaired) electrons. The van der Waals surface area contributed by atoms with Crippen LogP contribution in [-0.2, 0) is 14.6 Å². The van der Waals surface area contributed by atoms with Crippen LogP contribution in [0.3, 0.4) is 0 Å². The first-order valence-electron chi connectivity index (χ1n) is 7.46. The molecule has 1 fully saturated rings. The monoisotopic (exact) mass is 334 g/mol. The van der Waals surface area contributed by atoms with Gasteiger partial charge in [-0.3, -0.25) is 0 Å². The van der Waals surface area contributed by atoms with Crippen LogP contribution in [0.25, 0.3) is 11.1 Å². The summed E-state index contributed by atoms with van der Waals surface area (Å²) in [6.07, 6.45) is 5.60. The van der Waals surface area contributed by atoms with Crippen molar-refractivity contribution in [3.63, 3.8) is 0 Å². The van der Waals surface area contributed by atoms with Crippen LogP contribution < -0.4 is 0 Å². The molecule has 0 aliphatic heterocycles. The molecule has 1 heterocycles. The van der Waals surface area contributed by atoms with E-state index in [1.54, 1.807) is 30.7 Å². The van der Waals surface area contributed by atoms with Crippen LogP contribution in [0.5, 0.6) is 0 Å². The number of carbonyl (C=O) groups is 1. The quantitative estimate of drug-likeness (QED) is 0.803. The Labute approximate surface area is 135 Å². The molecule has 0 N–H and O–H groups in total. The molecule has 0 saturated heterocycles. The van der Waals surface area contributed by atoms with E-state index in [0.29, 0.717) is 24.8 Å². The van der Waals surface area contributed by atoms with Crippen LogP contribution in [0.4, 0.5) is 0 Å². The molecule has 2 atom stereocenters. The predicted octanol–water partition coefficient (Wildman–Crippen LogP) is 3.07. The third-order valence-corrected chi connectivity index (χ3v) is 5.81. The maximum absolute atomic E-state index is 12.3. The number of benzene rings is 1. The summed E-state index contributed by atoms with van der Waals surface area (Å²) in [7, 11) is -3.07. The minimum absolute atomic E-state index is 0.334. The third-order valence-electron chi connectivity index (χ3n) is 4.17. The molecule has 1 aliphatic rings. The molecular weight excluding hydrogens is 316 g/mol. The normalized spacial score (nSPS) is 21.3. The number of ether oxygens (including phenoxy) is 1. The highest BCUT2D eigenvalue weighted by atomic mass is 32.2. The first-order chi connectivity index (χ1) is 10.9. The van der Waals surface area contributed by atoms with Gasteiger partial charge in [-0.25, -0.2) is 13.2 Å². The Morgan fingerprint density at radius 3 is 2.70 bits per heavy atom. The van der Waals surface area contributed by atoms with Crippen molar-refractivity contribution >= 4 is 15.8 Å². The summed E-state index contributed by atoms with van der Waals surface area (Å²) in [6, 6.07) is 8.92. The molecule has 122 valence electrons. The second-order valence-corrected chi connectivity index (χ2v) is 8.21. The molecule has 0 spiro atoms. The van der Waals surface area contributed by atoms with E-state index >= 15 is 0 Å². The largest absolute Gasteiger partial charge is 0.472 e. The molecule has 6 heteroatoms. The molecule has 1 aromatic carbocycles. The van der Waals surface area contributed by atoms with Gasteiger partial charge in [0.05, 0.1) is 23.3 Å². The Morgan fingerprint density at radius 2 is 2.04 bits per heavy atom. The van der Waals surface area contributed by atoms with Crippen molar-refractivity contribution in [2.45, 2.75) is 30.6 Å². The van der Waals surface area contributed by atoms with E-state index in [-0.39, 0.29) is 6.10 Å². The van der Waals surface area contributed by atoms with Crippen molar-refractivity contribution in [3.05, 3.63) is 48.4 Å². The molecule has 1 aromatic heterocycles. The second-order valence-electron chi connectivity index (χ2n) is 5.88. The molecule has 3 rings (SSSR count). The van der Waals surface area contributed by atoms with Crippen LogP contribution >= 0.6 is 0 Å². The lowest BCUT2D eigenvalue weighted by Gasteiger charge is -2.12. The van der Waals surface area contributed by atoms with E-state index in [1.165, 1.54) is 6.26 Å². The lowest BCUT2D eigenvalue weighted by atomic mass is 10.1. The minimum atomic E-state index is -3.07. The Bertz CT molecular complexity index is 792. The highest BCUT2D eigenvalue weighted by Gasteiger charge is 2.33. The van der Waals surface area contributed by atoms with Crippen molar-refractivity contribution in [3.8, 4) is 11.1 Å². The van der Waals surface area contributed by atoms with E-state index in [4.69, 9.17) is 9.15 Å². The van der Waals surface area contributed by atoms with Gasteiger partial charge in [0.25, 0.3) is 0 Å². The van der Waals surface area contributed by atoms with Crippen molar-refractivity contribution in [2.75, 3.05) is 6.26 Å². The maximum Gasteiger partial charge on any atom is 0.338 e. The molecule has 0 amide bonds. The summed E-state index contributed by atoms with van der Waals surface area (Å²) in [4.78, 5) is 12.3. The van der Waals surface area contributed by atoms with E-state index < -0.39 is 21.1 Å². The number of carbonyl (C=O) groups excluding carboxylic acids is 1. The number of furan rings is 1. The van der Waals surface area contributed by atoms with Gasteiger partial charge in [-0.15, -0.1) is 0 Å². The van der Waals surface area contributed by atoms with E-state index in [9.17, 15) is 13.2 Å². The van der Waals surface area contributed by atoms with Gasteiger partial charge in [0.1, 0.15) is 15.9 Å². The predicted molar refractivity (Wildman–Crippen MR) is 85.8 cm³/mol. The third kappa shape index (κ3) is 3.64.